The van der Waals surface area contributed by atoms with E-state index in [0.29, 0.717) is 5.92 Å². The highest BCUT2D eigenvalue weighted by Crippen LogP contribution is 2.35. The minimum atomic E-state index is 0.157. The van der Waals surface area contributed by atoms with Gasteiger partial charge in [-0.25, -0.2) is 4.79 Å². The molecule has 3 nitrogen and oxygen atoms in total. The van der Waals surface area contributed by atoms with Crippen molar-refractivity contribution in [2.24, 2.45) is 5.92 Å². The molecule has 2 amide bonds. The summed E-state index contributed by atoms with van der Waals surface area (Å²) < 4.78 is 0. The zero-order valence-electron chi connectivity index (χ0n) is 13.5. The highest BCUT2D eigenvalue weighted by Gasteiger charge is 2.23. The number of likely N-dealkylation sites (tertiary alicyclic amines) is 1. The second-order valence-electron chi connectivity index (χ2n) is 6.86. The minimum Gasteiger partial charge on any atom is -0.338 e. The topological polar surface area (TPSA) is 32.3 Å². The van der Waals surface area contributed by atoms with E-state index in [-0.39, 0.29) is 6.03 Å². The highest BCUT2D eigenvalue weighted by molar-refractivity contribution is 5.74. The van der Waals surface area contributed by atoms with Crippen LogP contribution in [0.25, 0.3) is 0 Å². The van der Waals surface area contributed by atoms with E-state index in [1.54, 1.807) is 0 Å². The van der Waals surface area contributed by atoms with Gasteiger partial charge in [0.1, 0.15) is 0 Å². The number of carbonyl (C=O) groups excluding carboxylic acids is 1. The first-order valence-electron chi connectivity index (χ1n) is 8.90. The highest BCUT2D eigenvalue weighted by atomic mass is 16.2. The number of amides is 2. The first-order valence-corrected chi connectivity index (χ1v) is 8.90. The number of urea groups is 1. The van der Waals surface area contributed by atoms with Gasteiger partial charge in [0.15, 0.2) is 0 Å². The Hall–Kier alpha value is -1.51. The molecule has 0 spiro atoms. The third kappa shape index (κ3) is 4.02. The van der Waals surface area contributed by atoms with Crippen LogP contribution in [-0.2, 0) is 0 Å². The van der Waals surface area contributed by atoms with E-state index in [2.05, 4.69) is 35.6 Å². The average molecular weight is 300 g/mol. The molecule has 0 aromatic heterocycles. The van der Waals surface area contributed by atoms with E-state index < -0.39 is 0 Å². The van der Waals surface area contributed by atoms with Gasteiger partial charge in [0.25, 0.3) is 0 Å². The largest absolute Gasteiger partial charge is 0.338 e. The van der Waals surface area contributed by atoms with E-state index in [0.717, 1.165) is 38.4 Å². The van der Waals surface area contributed by atoms with Gasteiger partial charge in [0.05, 0.1) is 0 Å². The monoisotopic (exact) mass is 300 g/mol. The van der Waals surface area contributed by atoms with Gasteiger partial charge >= 0.3 is 6.03 Å². The Bertz CT molecular complexity index is 460. The second-order valence-corrected chi connectivity index (χ2v) is 6.86. The van der Waals surface area contributed by atoms with Gasteiger partial charge in [-0.1, -0.05) is 30.3 Å². The Morgan fingerprint density at radius 2 is 1.68 bits per heavy atom. The predicted octanol–water partition coefficient (Wildman–Crippen LogP) is 4.16. The normalized spacial score (nSPS) is 25.7. The number of benzene rings is 1. The Labute approximate surface area is 134 Å². The first kappa shape index (κ1) is 15.4. The van der Waals surface area contributed by atoms with Crippen molar-refractivity contribution in [3.05, 3.63) is 35.9 Å². The molecule has 2 fully saturated rings. The molecule has 120 valence electrons. The molecule has 0 atom stereocenters. The number of piperidine rings is 1. The molecule has 1 aliphatic carbocycles. The number of hydrogen-bond acceptors (Lipinski definition) is 1. The van der Waals surface area contributed by atoms with Crippen LogP contribution in [0.5, 0.6) is 0 Å². The molecule has 1 N–H and O–H groups in total. The number of rotatable bonds is 3. The van der Waals surface area contributed by atoms with Gasteiger partial charge in [0, 0.05) is 19.6 Å². The molecule has 3 rings (SSSR count). The maximum Gasteiger partial charge on any atom is 0.317 e. The van der Waals surface area contributed by atoms with Gasteiger partial charge in [0.2, 0.25) is 0 Å². The van der Waals surface area contributed by atoms with Crippen molar-refractivity contribution >= 4 is 6.03 Å². The summed E-state index contributed by atoms with van der Waals surface area (Å²) in [6, 6.07) is 11.0. The Morgan fingerprint density at radius 3 is 2.36 bits per heavy atom. The maximum atomic E-state index is 12.1. The fourth-order valence-electron chi connectivity index (χ4n) is 3.87. The van der Waals surface area contributed by atoms with Gasteiger partial charge in [-0.2, -0.15) is 0 Å². The lowest BCUT2D eigenvalue weighted by Crippen LogP contribution is -2.44. The van der Waals surface area contributed by atoms with E-state index >= 15 is 0 Å². The molecule has 1 heterocycles. The zero-order chi connectivity index (χ0) is 15.2. The molecule has 1 aromatic carbocycles. The summed E-state index contributed by atoms with van der Waals surface area (Å²) in [7, 11) is 0. The van der Waals surface area contributed by atoms with Crippen molar-refractivity contribution in [1.29, 1.82) is 0 Å². The Kier molecular flexibility index (Phi) is 5.36. The third-order valence-electron chi connectivity index (χ3n) is 5.30. The zero-order valence-corrected chi connectivity index (χ0v) is 13.5. The van der Waals surface area contributed by atoms with Crippen LogP contribution >= 0.6 is 0 Å². The molecule has 0 bridgehead atoms. The van der Waals surface area contributed by atoms with Crippen molar-refractivity contribution in [3.63, 3.8) is 0 Å². The lowest BCUT2D eigenvalue weighted by atomic mass is 9.79. The lowest BCUT2D eigenvalue weighted by Gasteiger charge is -2.31. The van der Waals surface area contributed by atoms with Crippen molar-refractivity contribution in [2.75, 3.05) is 19.6 Å². The molecule has 22 heavy (non-hydrogen) atoms. The Morgan fingerprint density at radius 1 is 1.00 bits per heavy atom. The lowest BCUT2D eigenvalue weighted by molar-refractivity contribution is 0.182. The molecule has 1 saturated heterocycles. The average Bonchev–Trinajstić information content (AvgIpc) is 2.61. The summed E-state index contributed by atoms with van der Waals surface area (Å²) in [5, 5.41) is 3.16. The molecular formula is C19H28N2O. The second kappa shape index (κ2) is 7.66. The van der Waals surface area contributed by atoms with Crippen LogP contribution < -0.4 is 5.32 Å². The quantitative estimate of drug-likeness (QED) is 0.893. The fraction of sp³-hybridized carbons (Fsp3) is 0.632. The van der Waals surface area contributed by atoms with Gasteiger partial charge < -0.3 is 10.2 Å². The summed E-state index contributed by atoms with van der Waals surface area (Å²) in [5.41, 5.74) is 1.48. The molecule has 1 aliphatic heterocycles. The maximum absolute atomic E-state index is 12.1. The van der Waals surface area contributed by atoms with Crippen LogP contribution in [0, 0.1) is 5.92 Å². The van der Waals surface area contributed by atoms with Crippen LogP contribution in [0.1, 0.15) is 56.4 Å². The van der Waals surface area contributed by atoms with Crippen molar-refractivity contribution in [2.45, 2.75) is 50.9 Å². The number of nitrogens with one attached hydrogen (secondary N) is 1. The molecule has 0 radical (unpaired) electrons. The van der Waals surface area contributed by atoms with E-state index in [1.165, 1.54) is 37.7 Å². The summed E-state index contributed by atoms with van der Waals surface area (Å²) >= 11 is 0. The molecule has 3 heteroatoms. The molecule has 0 unspecified atom stereocenters. The van der Waals surface area contributed by atoms with Crippen molar-refractivity contribution in [3.8, 4) is 0 Å². The number of nitrogens with zero attached hydrogens (tertiary/aromatic N) is 1. The predicted molar refractivity (Wildman–Crippen MR) is 90.0 cm³/mol. The molecule has 1 saturated carbocycles. The van der Waals surface area contributed by atoms with Gasteiger partial charge in [-0.05, 0) is 62.3 Å². The van der Waals surface area contributed by atoms with E-state index in [9.17, 15) is 4.79 Å². The summed E-state index contributed by atoms with van der Waals surface area (Å²) in [4.78, 5) is 14.1. The fourth-order valence-corrected chi connectivity index (χ4v) is 3.87. The van der Waals surface area contributed by atoms with E-state index in [4.69, 9.17) is 0 Å². The van der Waals surface area contributed by atoms with Crippen LogP contribution in [0.4, 0.5) is 4.79 Å². The molecule has 1 aromatic rings. The third-order valence-corrected chi connectivity index (χ3v) is 5.30. The summed E-state index contributed by atoms with van der Waals surface area (Å²) in [6.45, 7) is 2.73. The Balaban J connectivity index is 1.39. The van der Waals surface area contributed by atoms with Crippen molar-refractivity contribution in [1.82, 2.24) is 10.2 Å². The summed E-state index contributed by atoms with van der Waals surface area (Å²) in [5.74, 6) is 1.38. The van der Waals surface area contributed by atoms with Crippen LogP contribution in [-0.4, -0.2) is 30.6 Å². The van der Waals surface area contributed by atoms with Gasteiger partial charge in [-0.3, -0.25) is 0 Å². The molecule has 2 aliphatic rings. The minimum absolute atomic E-state index is 0.157. The smallest absolute Gasteiger partial charge is 0.317 e. The van der Waals surface area contributed by atoms with Crippen LogP contribution in [0.3, 0.4) is 0 Å². The van der Waals surface area contributed by atoms with Crippen molar-refractivity contribution < 1.29 is 4.79 Å². The first-order chi connectivity index (χ1) is 10.8. The molecular weight excluding hydrogens is 272 g/mol. The van der Waals surface area contributed by atoms with Crippen LogP contribution in [0.2, 0.25) is 0 Å². The van der Waals surface area contributed by atoms with Crippen LogP contribution in [0.15, 0.2) is 30.3 Å². The summed E-state index contributed by atoms with van der Waals surface area (Å²) in [6.07, 6.45) is 8.58. The van der Waals surface area contributed by atoms with E-state index in [1.807, 2.05) is 4.90 Å². The standard InChI is InChI=1S/C19H28N2O/c22-19(21-13-5-2-6-14-21)20-15-16-9-11-18(12-10-16)17-7-3-1-4-8-17/h1,3-4,7-8,16,18H,2,5-6,9-15H2,(H,20,22). The number of carbonyl (C=O) groups is 1. The number of hydrogen-bond donors (Lipinski definition) is 1. The van der Waals surface area contributed by atoms with Gasteiger partial charge in [-0.15, -0.1) is 0 Å². The SMILES string of the molecule is O=C(NCC1CCC(c2ccccc2)CC1)N1CCCCC1.